The highest BCUT2D eigenvalue weighted by Crippen LogP contribution is 2.41. The average molecular weight is 454 g/mol. The highest BCUT2D eigenvalue weighted by Gasteiger charge is 2.30. The van der Waals surface area contributed by atoms with E-state index < -0.39 is 5.91 Å². The predicted octanol–water partition coefficient (Wildman–Crippen LogP) is 6.87. The third-order valence-corrected chi connectivity index (χ3v) is 6.33. The number of halogens is 2. The van der Waals surface area contributed by atoms with E-state index in [1.165, 1.54) is 6.08 Å². The minimum atomic E-state index is -0.509. The molecule has 2 aromatic carbocycles. The number of carbonyl (C=O) groups excluding carboxylic acids is 1. The van der Waals surface area contributed by atoms with Crippen LogP contribution >= 0.6 is 23.2 Å². The number of nitrogens with one attached hydrogen (secondary N) is 1. The SMILES string of the molecule is CCN1c2cc(Cl)c(/C=C(\C#N)C(=O)Nc3cccc(Cl)c3C)cc2C(C)=CC1(C)C. The fourth-order valence-electron chi connectivity index (χ4n) is 4.04. The van der Waals surface area contributed by atoms with Crippen molar-refractivity contribution < 1.29 is 4.79 Å². The van der Waals surface area contributed by atoms with Crippen LogP contribution < -0.4 is 10.2 Å². The number of benzene rings is 2. The quantitative estimate of drug-likeness (QED) is 0.405. The van der Waals surface area contributed by atoms with Crippen molar-refractivity contribution in [1.82, 2.24) is 0 Å². The largest absolute Gasteiger partial charge is 0.363 e. The van der Waals surface area contributed by atoms with Gasteiger partial charge in [0.2, 0.25) is 0 Å². The van der Waals surface area contributed by atoms with Crippen molar-refractivity contribution in [2.24, 2.45) is 0 Å². The Balaban J connectivity index is 2.01. The highest BCUT2D eigenvalue weighted by atomic mass is 35.5. The maximum atomic E-state index is 12.8. The summed E-state index contributed by atoms with van der Waals surface area (Å²) in [5.41, 5.74) is 4.99. The zero-order chi connectivity index (χ0) is 22.9. The summed E-state index contributed by atoms with van der Waals surface area (Å²) in [7, 11) is 0. The number of allylic oxidation sites excluding steroid dienone is 1. The number of anilines is 2. The number of carbonyl (C=O) groups is 1. The van der Waals surface area contributed by atoms with Crippen molar-refractivity contribution in [3.05, 3.63) is 68.7 Å². The maximum Gasteiger partial charge on any atom is 0.266 e. The van der Waals surface area contributed by atoms with E-state index in [2.05, 4.69) is 44.0 Å². The lowest BCUT2D eigenvalue weighted by Gasteiger charge is -2.43. The predicted molar refractivity (Wildman–Crippen MR) is 131 cm³/mol. The first-order chi connectivity index (χ1) is 14.6. The summed E-state index contributed by atoms with van der Waals surface area (Å²) in [4.78, 5) is 15.0. The molecule has 0 saturated carbocycles. The number of hydrogen-bond acceptors (Lipinski definition) is 3. The number of nitrogens with zero attached hydrogens (tertiary/aromatic N) is 2. The van der Waals surface area contributed by atoms with Crippen LogP contribution in [0.5, 0.6) is 0 Å². The molecule has 31 heavy (non-hydrogen) atoms. The van der Waals surface area contributed by atoms with E-state index in [-0.39, 0.29) is 11.1 Å². The molecular formula is C25H25Cl2N3O. The second kappa shape index (κ2) is 8.78. The molecule has 160 valence electrons. The minimum absolute atomic E-state index is 0.0358. The van der Waals surface area contributed by atoms with Gasteiger partial charge in [-0.3, -0.25) is 4.79 Å². The molecule has 1 heterocycles. The molecule has 1 amide bonds. The van der Waals surface area contributed by atoms with Gasteiger partial charge in [0.05, 0.1) is 5.54 Å². The lowest BCUT2D eigenvalue weighted by molar-refractivity contribution is -0.112. The normalized spacial score (nSPS) is 15.1. The molecule has 1 aliphatic heterocycles. The van der Waals surface area contributed by atoms with Crippen molar-refractivity contribution >= 4 is 52.1 Å². The lowest BCUT2D eigenvalue weighted by atomic mass is 9.88. The molecule has 0 spiro atoms. The smallest absolute Gasteiger partial charge is 0.266 e. The second-order valence-electron chi connectivity index (χ2n) is 8.15. The summed E-state index contributed by atoms with van der Waals surface area (Å²) in [5, 5.41) is 13.4. The number of likely N-dealkylation sites (N-methyl/N-ethyl adjacent to an activating group) is 1. The summed E-state index contributed by atoms with van der Waals surface area (Å²) in [6.45, 7) is 11.2. The van der Waals surface area contributed by atoms with Crippen LogP contribution in [-0.2, 0) is 4.79 Å². The third kappa shape index (κ3) is 4.49. The van der Waals surface area contributed by atoms with Crippen molar-refractivity contribution in [2.75, 3.05) is 16.8 Å². The van der Waals surface area contributed by atoms with Gasteiger partial charge >= 0.3 is 0 Å². The fraction of sp³-hybridized carbons (Fsp3) is 0.280. The Labute approximate surface area is 193 Å². The van der Waals surface area contributed by atoms with Crippen LogP contribution in [0.3, 0.4) is 0 Å². The van der Waals surface area contributed by atoms with Crippen molar-refractivity contribution in [1.29, 1.82) is 5.26 Å². The van der Waals surface area contributed by atoms with E-state index in [0.29, 0.717) is 21.3 Å². The molecule has 1 aliphatic rings. The van der Waals surface area contributed by atoms with Crippen LogP contribution in [0.25, 0.3) is 11.6 Å². The second-order valence-corrected chi connectivity index (χ2v) is 8.97. The van der Waals surface area contributed by atoms with E-state index in [4.69, 9.17) is 23.2 Å². The van der Waals surface area contributed by atoms with Gasteiger partial charge in [-0.15, -0.1) is 0 Å². The van der Waals surface area contributed by atoms with Gasteiger partial charge < -0.3 is 10.2 Å². The van der Waals surface area contributed by atoms with Gasteiger partial charge in [-0.05, 0) is 81.7 Å². The molecule has 0 atom stereocenters. The Morgan fingerprint density at radius 1 is 1.23 bits per heavy atom. The molecule has 0 fully saturated rings. The summed E-state index contributed by atoms with van der Waals surface area (Å²) >= 11 is 12.7. The van der Waals surface area contributed by atoms with Gasteiger partial charge in [-0.1, -0.05) is 35.3 Å². The van der Waals surface area contributed by atoms with Crippen LogP contribution in [0.2, 0.25) is 10.0 Å². The van der Waals surface area contributed by atoms with Crippen molar-refractivity contribution in [3.63, 3.8) is 0 Å². The maximum absolute atomic E-state index is 12.8. The van der Waals surface area contributed by atoms with Gasteiger partial charge in [0.1, 0.15) is 11.6 Å². The van der Waals surface area contributed by atoms with Gasteiger partial charge in [0, 0.05) is 33.5 Å². The first-order valence-corrected chi connectivity index (χ1v) is 10.8. The van der Waals surface area contributed by atoms with Gasteiger partial charge in [-0.25, -0.2) is 0 Å². The molecule has 0 saturated heterocycles. The van der Waals surface area contributed by atoms with Crippen LogP contribution in [0, 0.1) is 18.3 Å². The molecule has 2 aromatic rings. The summed E-state index contributed by atoms with van der Waals surface area (Å²) in [6.07, 6.45) is 3.75. The first-order valence-electron chi connectivity index (χ1n) is 10.1. The molecule has 0 radical (unpaired) electrons. The molecule has 0 aromatic heterocycles. The topological polar surface area (TPSA) is 56.1 Å². The highest BCUT2D eigenvalue weighted by molar-refractivity contribution is 6.33. The molecule has 3 rings (SSSR count). The van der Waals surface area contributed by atoms with E-state index in [9.17, 15) is 10.1 Å². The molecule has 6 heteroatoms. The van der Waals surface area contributed by atoms with Crippen LogP contribution in [0.1, 0.15) is 44.4 Å². The van der Waals surface area contributed by atoms with E-state index in [0.717, 1.165) is 28.9 Å². The fourth-order valence-corrected chi connectivity index (χ4v) is 4.43. The number of fused-ring (bicyclic) bond motifs is 1. The summed E-state index contributed by atoms with van der Waals surface area (Å²) in [6, 6.07) is 11.1. The minimum Gasteiger partial charge on any atom is -0.363 e. The Morgan fingerprint density at radius 3 is 2.58 bits per heavy atom. The third-order valence-electron chi connectivity index (χ3n) is 5.59. The Morgan fingerprint density at radius 2 is 1.94 bits per heavy atom. The summed E-state index contributed by atoms with van der Waals surface area (Å²) in [5.74, 6) is -0.509. The van der Waals surface area contributed by atoms with Gasteiger partial charge in [0.15, 0.2) is 0 Å². The van der Waals surface area contributed by atoms with Gasteiger partial charge in [-0.2, -0.15) is 5.26 Å². The average Bonchev–Trinajstić information content (AvgIpc) is 2.69. The monoisotopic (exact) mass is 453 g/mol. The number of rotatable bonds is 4. The zero-order valence-corrected chi connectivity index (χ0v) is 19.8. The standard InChI is InChI=1S/C25H25Cl2N3O/c1-6-30-23-12-21(27)17(11-19(23)15(2)13-25(30,4)5)10-18(14-28)24(31)29-22-9-7-8-20(26)16(22)3/h7-13H,6H2,1-5H3,(H,29,31)/b18-10+. The first kappa shape index (κ1) is 22.9. The van der Waals surface area contributed by atoms with Gasteiger partial charge in [0.25, 0.3) is 5.91 Å². The zero-order valence-electron chi connectivity index (χ0n) is 18.3. The van der Waals surface area contributed by atoms with E-state index in [1.54, 1.807) is 18.2 Å². The molecule has 1 N–H and O–H groups in total. The number of hydrogen-bond donors (Lipinski definition) is 1. The Bertz CT molecular complexity index is 1160. The summed E-state index contributed by atoms with van der Waals surface area (Å²) < 4.78 is 0. The Kier molecular flexibility index (Phi) is 6.50. The Hall–Kier alpha value is -2.74. The van der Waals surface area contributed by atoms with E-state index in [1.807, 2.05) is 25.1 Å². The van der Waals surface area contributed by atoms with Crippen LogP contribution in [0.15, 0.2) is 42.0 Å². The molecule has 0 unspecified atom stereocenters. The van der Waals surface area contributed by atoms with E-state index >= 15 is 0 Å². The van der Waals surface area contributed by atoms with Crippen LogP contribution in [0.4, 0.5) is 11.4 Å². The molecular weight excluding hydrogens is 429 g/mol. The lowest BCUT2D eigenvalue weighted by Crippen LogP contribution is -2.44. The molecule has 0 bridgehead atoms. The van der Waals surface area contributed by atoms with Crippen molar-refractivity contribution in [2.45, 2.75) is 40.2 Å². The molecule has 4 nitrogen and oxygen atoms in total. The number of nitriles is 1. The molecule has 0 aliphatic carbocycles. The van der Waals surface area contributed by atoms with Crippen molar-refractivity contribution in [3.8, 4) is 6.07 Å². The van der Waals surface area contributed by atoms with Crippen LogP contribution in [-0.4, -0.2) is 18.0 Å². The number of amides is 1.